The van der Waals surface area contributed by atoms with Crippen LogP contribution in [-0.4, -0.2) is 45.0 Å². The lowest BCUT2D eigenvalue weighted by atomic mass is 9.45. The number of fused-ring (bicyclic) bond motifs is 3. The Morgan fingerprint density at radius 3 is 2.66 bits per heavy atom. The summed E-state index contributed by atoms with van der Waals surface area (Å²) in [7, 11) is 0. The first kappa shape index (κ1) is 21.4. The summed E-state index contributed by atoms with van der Waals surface area (Å²) in [6.07, 6.45) is 8.90. The van der Waals surface area contributed by atoms with Gasteiger partial charge in [-0.05, 0) is 67.4 Å². The van der Waals surface area contributed by atoms with E-state index in [2.05, 4.69) is 29.5 Å². The summed E-state index contributed by atoms with van der Waals surface area (Å²) >= 11 is 0. The standard InChI is InChI=1S/C25H34N4O3/c1-24(2)17-9-8-16(18(24)12-17)13-26-23(32)20-6-5-7-21-27-19(14-29(20)21)22(31)28-25(15-30)10-3-4-11-25/h5-7,14,16-18,30H,3-4,8-13,15H2,1-2H3,(H,26,32)(H,28,31)/t16-,17-,18-/m0/s1. The second-order valence-electron chi connectivity index (χ2n) is 10.8. The fourth-order valence-corrected chi connectivity index (χ4v) is 6.51. The molecule has 7 nitrogen and oxygen atoms in total. The Hall–Kier alpha value is -2.41. The van der Waals surface area contributed by atoms with Gasteiger partial charge in [-0.2, -0.15) is 0 Å². The lowest BCUT2D eigenvalue weighted by molar-refractivity contribution is -0.103. The van der Waals surface area contributed by atoms with E-state index in [-0.39, 0.29) is 24.1 Å². The van der Waals surface area contributed by atoms with Crippen LogP contribution in [0.15, 0.2) is 24.4 Å². The van der Waals surface area contributed by atoms with Crippen molar-refractivity contribution in [3.05, 3.63) is 35.8 Å². The number of nitrogens with zero attached hydrogens (tertiary/aromatic N) is 2. The van der Waals surface area contributed by atoms with E-state index < -0.39 is 5.54 Å². The average Bonchev–Trinajstić information content (AvgIpc) is 3.44. The SMILES string of the molecule is CC1(C)[C@H]2CC[C@@H](CNC(=O)c3cccc4nc(C(=O)NC5(CO)CCCC5)cn34)[C@@H]1C2. The molecule has 2 bridgehead atoms. The summed E-state index contributed by atoms with van der Waals surface area (Å²) in [5, 5.41) is 15.9. The van der Waals surface area contributed by atoms with E-state index in [0.29, 0.717) is 35.1 Å². The number of amides is 2. The highest BCUT2D eigenvalue weighted by Gasteiger charge is 2.53. The van der Waals surface area contributed by atoms with Crippen LogP contribution in [-0.2, 0) is 0 Å². The summed E-state index contributed by atoms with van der Waals surface area (Å²) in [6, 6.07) is 5.36. The maximum Gasteiger partial charge on any atom is 0.272 e. The van der Waals surface area contributed by atoms with Gasteiger partial charge in [-0.25, -0.2) is 4.98 Å². The number of aliphatic hydroxyl groups is 1. The Morgan fingerprint density at radius 2 is 1.97 bits per heavy atom. The van der Waals surface area contributed by atoms with E-state index in [1.165, 1.54) is 19.3 Å². The highest BCUT2D eigenvalue weighted by Crippen LogP contribution is 2.61. The Balaban J connectivity index is 1.30. The predicted molar refractivity (Wildman–Crippen MR) is 121 cm³/mol. The molecule has 32 heavy (non-hydrogen) atoms. The molecule has 172 valence electrons. The number of hydrogen-bond donors (Lipinski definition) is 3. The number of aliphatic hydroxyl groups excluding tert-OH is 1. The van der Waals surface area contributed by atoms with Gasteiger partial charge in [0.1, 0.15) is 17.0 Å². The fourth-order valence-electron chi connectivity index (χ4n) is 6.51. The zero-order chi connectivity index (χ0) is 22.5. The quantitative estimate of drug-likeness (QED) is 0.646. The average molecular weight is 439 g/mol. The molecule has 2 aromatic rings. The smallest absolute Gasteiger partial charge is 0.272 e. The fraction of sp³-hybridized carbons (Fsp3) is 0.640. The minimum absolute atomic E-state index is 0.0700. The summed E-state index contributed by atoms with van der Waals surface area (Å²) in [5.41, 5.74) is 1.15. The van der Waals surface area contributed by atoms with Crippen LogP contribution in [0.2, 0.25) is 0 Å². The number of carbonyl (C=O) groups excluding carboxylic acids is 2. The molecule has 0 spiro atoms. The van der Waals surface area contributed by atoms with Crippen molar-refractivity contribution < 1.29 is 14.7 Å². The number of imidazole rings is 1. The molecule has 0 unspecified atom stereocenters. The summed E-state index contributed by atoms with van der Waals surface area (Å²) < 4.78 is 1.69. The maximum absolute atomic E-state index is 13.0. The minimum Gasteiger partial charge on any atom is -0.394 e. The molecule has 6 rings (SSSR count). The van der Waals surface area contributed by atoms with E-state index in [4.69, 9.17) is 0 Å². The molecule has 0 aromatic carbocycles. The van der Waals surface area contributed by atoms with Crippen molar-refractivity contribution in [1.82, 2.24) is 20.0 Å². The van der Waals surface area contributed by atoms with Crippen molar-refractivity contribution in [3.63, 3.8) is 0 Å². The molecule has 2 amide bonds. The van der Waals surface area contributed by atoms with Gasteiger partial charge in [-0.1, -0.05) is 32.8 Å². The van der Waals surface area contributed by atoms with Crippen molar-refractivity contribution in [2.24, 2.45) is 23.2 Å². The van der Waals surface area contributed by atoms with Crippen LogP contribution in [0, 0.1) is 23.2 Å². The first-order valence-electron chi connectivity index (χ1n) is 12.0. The van der Waals surface area contributed by atoms with Crippen molar-refractivity contribution >= 4 is 17.5 Å². The van der Waals surface area contributed by atoms with Crippen molar-refractivity contribution in [2.45, 2.75) is 64.3 Å². The maximum atomic E-state index is 13.0. The van der Waals surface area contributed by atoms with E-state index in [1.54, 1.807) is 28.8 Å². The predicted octanol–water partition coefficient (Wildman–Crippen LogP) is 3.17. The van der Waals surface area contributed by atoms with Crippen LogP contribution in [0.1, 0.15) is 79.8 Å². The number of hydrogen-bond acceptors (Lipinski definition) is 4. The van der Waals surface area contributed by atoms with Gasteiger partial charge < -0.3 is 15.7 Å². The van der Waals surface area contributed by atoms with E-state index in [1.807, 2.05) is 0 Å². The molecular weight excluding hydrogens is 404 g/mol. The van der Waals surface area contributed by atoms with E-state index in [9.17, 15) is 14.7 Å². The summed E-state index contributed by atoms with van der Waals surface area (Å²) in [6.45, 7) is 5.35. The zero-order valence-electron chi connectivity index (χ0n) is 19.1. The van der Waals surface area contributed by atoms with Gasteiger partial charge in [0.15, 0.2) is 0 Å². The van der Waals surface area contributed by atoms with Gasteiger partial charge in [0, 0.05) is 12.7 Å². The molecular formula is C25H34N4O3. The lowest BCUT2D eigenvalue weighted by Crippen LogP contribution is -2.54. The van der Waals surface area contributed by atoms with Gasteiger partial charge in [-0.15, -0.1) is 0 Å². The number of pyridine rings is 1. The first-order valence-corrected chi connectivity index (χ1v) is 12.0. The zero-order valence-corrected chi connectivity index (χ0v) is 19.1. The Labute approximate surface area is 189 Å². The molecule has 7 heteroatoms. The van der Waals surface area contributed by atoms with Gasteiger partial charge >= 0.3 is 0 Å². The molecule has 2 aromatic heterocycles. The third-order valence-corrected chi connectivity index (χ3v) is 8.73. The second-order valence-corrected chi connectivity index (χ2v) is 10.8. The second kappa shape index (κ2) is 7.87. The lowest BCUT2D eigenvalue weighted by Gasteiger charge is -2.60. The monoisotopic (exact) mass is 438 g/mol. The van der Waals surface area contributed by atoms with E-state index >= 15 is 0 Å². The highest BCUT2D eigenvalue weighted by atomic mass is 16.3. The normalized spacial score (nSPS) is 27.7. The number of rotatable bonds is 6. The van der Waals surface area contributed by atoms with Crippen LogP contribution in [0.25, 0.3) is 5.65 Å². The largest absolute Gasteiger partial charge is 0.394 e. The molecule has 0 saturated heterocycles. The summed E-state index contributed by atoms with van der Waals surface area (Å²) in [4.78, 5) is 30.3. The molecule has 0 radical (unpaired) electrons. The molecule has 4 aliphatic carbocycles. The van der Waals surface area contributed by atoms with Crippen LogP contribution < -0.4 is 10.6 Å². The van der Waals surface area contributed by atoms with Crippen molar-refractivity contribution in [1.29, 1.82) is 0 Å². The number of carbonyl (C=O) groups is 2. The molecule has 4 saturated carbocycles. The molecule has 2 heterocycles. The molecule has 4 fully saturated rings. The Kier molecular flexibility index (Phi) is 5.27. The van der Waals surface area contributed by atoms with Crippen LogP contribution >= 0.6 is 0 Å². The molecule has 0 aliphatic heterocycles. The minimum atomic E-state index is -0.554. The topological polar surface area (TPSA) is 95.7 Å². The Morgan fingerprint density at radius 1 is 1.19 bits per heavy atom. The third kappa shape index (κ3) is 3.51. The van der Waals surface area contributed by atoms with Crippen molar-refractivity contribution in [2.75, 3.05) is 13.2 Å². The number of aromatic nitrogens is 2. The van der Waals surface area contributed by atoms with Crippen LogP contribution in [0.5, 0.6) is 0 Å². The third-order valence-electron chi connectivity index (χ3n) is 8.73. The summed E-state index contributed by atoms with van der Waals surface area (Å²) in [5.74, 6) is 1.62. The van der Waals surface area contributed by atoms with E-state index in [0.717, 1.165) is 31.6 Å². The molecule has 3 atom stereocenters. The van der Waals surface area contributed by atoms with Crippen LogP contribution in [0.3, 0.4) is 0 Å². The number of nitrogens with one attached hydrogen (secondary N) is 2. The first-order chi connectivity index (χ1) is 15.3. The van der Waals surface area contributed by atoms with Gasteiger partial charge in [0.2, 0.25) is 0 Å². The highest BCUT2D eigenvalue weighted by molar-refractivity contribution is 5.96. The van der Waals surface area contributed by atoms with Gasteiger partial charge in [0.05, 0.1) is 12.1 Å². The Bertz CT molecular complexity index is 1030. The van der Waals surface area contributed by atoms with Crippen LogP contribution in [0.4, 0.5) is 0 Å². The molecule has 4 aliphatic rings. The van der Waals surface area contributed by atoms with Crippen molar-refractivity contribution in [3.8, 4) is 0 Å². The van der Waals surface area contributed by atoms with Gasteiger partial charge in [-0.3, -0.25) is 14.0 Å². The van der Waals surface area contributed by atoms with Gasteiger partial charge in [0.25, 0.3) is 11.8 Å². The molecule has 3 N–H and O–H groups in total.